The fraction of sp³-hybridized carbons (Fsp3) is 0.0556. The molecule has 0 spiro atoms. The Kier molecular flexibility index (Phi) is 3.38. The number of hydrogen-bond donors (Lipinski definition) is 2. The number of hydrogen-bond acceptors (Lipinski definition) is 2. The topological polar surface area (TPSA) is 40.7 Å². The first-order valence-corrected chi connectivity index (χ1v) is 7.42. The highest BCUT2D eigenvalue weighted by atomic mass is 19.4. The molecule has 2 aromatic heterocycles. The molecule has 2 heterocycles. The Labute approximate surface area is 139 Å². The Morgan fingerprint density at radius 1 is 0.960 bits per heavy atom. The number of nitrogens with one attached hydrogen (secondary N) is 2. The summed E-state index contributed by atoms with van der Waals surface area (Å²) in [5, 5.41) is 4.10. The zero-order chi connectivity index (χ0) is 17.6. The number of alkyl halides is 3. The summed E-state index contributed by atoms with van der Waals surface area (Å²) >= 11 is 0. The van der Waals surface area contributed by atoms with Crippen molar-refractivity contribution in [2.24, 2.45) is 0 Å². The molecule has 4 rings (SSSR count). The van der Waals surface area contributed by atoms with Crippen LogP contribution in [0, 0.1) is 5.82 Å². The van der Waals surface area contributed by atoms with Crippen molar-refractivity contribution in [2.45, 2.75) is 6.18 Å². The fourth-order valence-electron chi connectivity index (χ4n) is 2.70. The monoisotopic (exact) mass is 345 g/mol. The second kappa shape index (κ2) is 5.47. The van der Waals surface area contributed by atoms with E-state index in [0.29, 0.717) is 17.6 Å². The van der Waals surface area contributed by atoms with Gasteiger partial charge in [-0.3, -0.25) is 0 Å². The van der Waals surface area contributed by atoms with Crippen molar-refractivity contribution >= 4 is 33.3 Å². The Morgan fingerprint density at radius 2 is 1.80 bits per heavy atom. The summed E-state index contributed by atoms with van der Waals surface area (Å²) in [6.07, 6.45) is -2.82. The SMILES string of the molecule is Fc1cc(C(F)(F)F)cc2nc(Nc3ccc4cc[nH]c4c3)ccc12. The molecule has 4 aromatic rings. The van der Waals surface area contributed by atoms with Crippen LogP contribution in [0.4, 0.5) is 29.1 Å². The van der Waals surface area contributed by atoms with Gasteiger partial charge in [-0.15, -0.1) is 0 Å². The molecule has 3 nitrogen and oxygen atoms in total. The second-order valence-electron chi connectivity index (χ2n) is 5.62. The molecule has 0 amide bonds. The molecule has 0 saturated carbocycles. The summed E-state index contributed by atoms with van der Waals surface area (Å²) in [7, 11) is 0. The molecule has 0 unspecified atom stereocenters. The number of nitrogens with zero attached hydrogens (tertiary/aromatic N) is 1. The zero-order valence-electron chi connectivity index (χ0n) is 12.7. The number of aromatic nitrogens is 2. The lowest BCUT2D eigenvalue weighted by atomic mass is 10.1. The average molecular weight is 345 g/mol. The minimum absolute atomic E-state index is 0.0402. The van der Waals surface area contributed by atoms with Crippen molar-refractivity contribution < 1.29 is 17.6 Å². The van der Waals surface area contributed by atoms with Crippen LogP contribution in [0.15, 0.2) is 54.7 Å². The lowest BCUT2D eigenvalue weighted by Gasteiger charge is -2.10. The molecular weight excluding hydrogens is 334 g/mol. The van der Waals surface area contributed by atoms with E-state index < -0.39 is 17.6 Å². The molecule has 7 heteroatoms. The molecule has 126 valence electrons. The number of halogens is 4. The Bertz CT molecular complexity index is 1080. The van der Waals surface area contributed by atoms with Gasteiger partial charge in [-0.05, 0) is 47.9 Å². The first-order valence-electron chi connectivity index (χ1n) is 7.42. The van der Waals surface area contributed by atoms with Gasteiger partial charge in [0.05, 0.1) is 11.1 Å². The predicted octanol–water partition coefficient (Wildman–Crippen LogP) is 5.62. The number of fused-ring (bicyclic) bond motifs is 2. The van der Waals surface area contributed by atoms with E-state index in [-0.39, 0.29) is 10.9 Å². The van der Waals surface area contributed by atoms with Crippen molar-refractivity contribution in [3.05, 3.63) is 66.1 Å². The van der Waals surface area contributed by atoms with E-state index in [0.717, 1.165) is 17.0 Å². The van der Waals surface area contributed by atoms with E-state index in [1.165, 1.54) is 12.1 Å². The maximum atomic E-state index is 13.9. The molecule has 2 N–H and O–H groups in total. The number of H-pyrrole nitrogens is 1. The van der Waals surface area contributed by atoms with E-state index >= 15 is 0 Å². The van der Waals surface area contributed by atoms with Gasteiger partial charge in [0.25, 0.3) is 0 Å². The molecule has 0 atom stereocenters. The summed E-state index contributed by atoms with van der Waals surface area (Å²) in [5.41, 5.74) is 0.513. The third-order valence-corrected chi connectivity index (χ3v) is 3.91. The highest BCUT2D eigenvalue weighted by Crippen LogP contribution is 2.33. The molecule has 0 radical (unpaired) electrons. The van der Waals surface area contributed by atoms with E-state index in [9.17, 15) is 17.6 Å². The maximum Gasteiger partial charge on any atom is 0.416 e. The van der Waals surface area contributed by atoms with Crippen LogP contribution in [0.3, 0.4) is 0 Å². The molecule has 0 fully saturated rings. The van der Waals surface area contributed by atoms with E-state index in [4.69, 9.17) is 0 Å². The summed E-state index contributed by atoms with van der Waals surface area (Å²) in [6.45, 7) is 0. The summed E-state index contributed by atoms with van der Waals surface area (Å²) < 4.78 is 52.5. The number of aromatic amines is 1. The summed E-state index contributed by atoms with van der Waals surface area (Å²) in [4.78, 5) is 7.18. The molecule has 0 bridgehead atoms. The lowest BCUT2D eigenvalue weighted by molar-refractivity contribution is -0.137. The van der Waals surface area contributed by atoms with Crippen molar-refractivity contribution in [1.82, 2.24) is 9.97 Å². The van der Waals surface area contributed by atoms with Crippen LogP contribution in [0.2, 0.25) is 0 Å². The van der Waals surface area contributed by atoms with Gasteiger partial charge in [-0.2, -0.15) is 13.2 Å². The van der Waals surface area contributed by atoms with Crippen molar-refractivity contribution in [2.75, 3.05) is 5.32 Å². The minimum atomic E-state index is -4.63. The quantitative estimate of drug-likeness (QED) is 0.463. The van der Waals surface area contributed by atoms with Gasteiger partial charge < -0.3 is 10.3 Å². The molecule has 2 aromatic carbocycles. The Morgan fingerprint density at radius 3 is 2.60 bits per heavy atom. The highest BCUT2D eigenvalue weighted by molar-refractivity contribution is 5.85. The normalized spacial score (nSPS) is 12.0. The van der Waals surface area contributed by atoms with E-state index in [2.05, 4.69) is 15.3 Å². The van der Waals surface area contributed by atoms with E-state index in [1.54, 1.807) is 0 Å². The van der Waals surface area contributed by atoms with Gasteiger partial charge in [-0.25, -0.2) is 9.37 Å². The minimum Gasteiger partial charge on any atom is -0.361 e. The van der Waals surface area contributed by atoms with Gasteiger partial charge in [0.2, 0.25) is 0 Å². The third kappa shape index (κ3) is 2.88. The number of benzene rings is 2. The number of pyridine rings is 1. The molecular formula is C18H11F4N3. The third-order valence-electron chi connectivity index (χ3n) is 3.91. The predicted molar refractivity (Wildman–Crippen MR) is 88.3 cm³/mol. The van der Waals surface area contributed by atoms with Crippen molar-refractivity contribution in [3.63, 3.8) is 0 Å². The Balaban J connectivity index is 1.74. The van der Waals surface area contributed by atoms with Crippen LogP contribution in [0.1, 0.15) is 5.56 Å². The molecule has 0 aliphatic carbocycles. The largest absolute Gasteiger partial charge is 0.416 e. The van der Waals surface area contributed by atoms with Gasteiger partial charge >= 0.3 is 6.18 Å². The van der Waals surface area contributed by atoms with Crippen molar-refractivity contribution in [3.8, 4) is 0 Å². The van der Waals surface area contributed by atoms with Crippen LogP contribution in [0.5, 0.6) is 0 Å². The van der Waals surface area contributed by atoms with Gasteiger partial charge in [0.1, 0.15) is 11.6 Å². The van der Waals surface area contributed by atoms with Crippen LogP contribution < -0.4 is 5.32 Å². The Hall–Kier alpha value is -3.09. The van der Waals surface area contributed by atoms with Crippen molar-refractivity contribution in [1.29, 1.82) is 0 Å². The number of rotatable bonds is 2. The number of anilines is 2. The highest BCUT2D eigenvalue weighted by Gasteiger charge is 2.31. The van der Waals surface area contributed by atoms with Gasteiger partial charge in [0, 0.05) is 22.8 Å². The molecule has 0 aliphatic heterocycles. The fourth-order valence-corrected chi connectivity index (χ4v) is 2.70. The molecule has 0 saturated heterocycles. The second-order valence-corrected chi connectivity index (χ2v) is 5.62. The van der Waals surface area contributed by atoms with Gasteiger partial charge in [-0.1, -0.05) is 6.07 Å². The maximum absolute atomic E-state index is 13.9. The standard InChI is InChI=1S/C18H11F4N3/c19-14-7-11(18(20,21)22)8-16-13(14)3-4-17(25-16)24-12-2-1-10-5-6-23-15(10)9-12/h1-9,23H,(H,24,25). The molecule has 25 heavy (non-hydrogen) atoms. The van der Waals surface area contributed by atoms with Crippen LogP contribution in [0.25, 0.3) is 21.8 Å². The van der Waals surface area contributed by atoms with E-state index in [1.807, 2.05) is 30.5 Å². The first-order chi connectivity index (χ1) is 11.9. The van der Waals surface area contributed by atoms with Crippen LogP contribution in [-0.2, 0) is 6.18 Å². The first kappa shape index (κ1) is 15.4. The van der Waals surface area contributed by atoms with Crippen LogP contribution in [-0.4, -0.2) is 9.97 Å². The van der Waals surface area contributed by atoms with Crippen LogP contribution >= 0.6 is 0 Å². The average Bonchev–Trinajstić information content (AvgIpc) is 3.01. The zero-order valence-corrected chi connectivity index (χ0v) is 12.7. The molecule has 0 aliphatic rings. The smallest absolute Gasteiger partial charge is 0.361 e. The lowest BCUT2D eigenvalue weighted by Crippen LogP contribution is -2.06. The summed E-state index contributed by atoms with van der Waals surface area (Å²) in [5.74, 6) is -0.617. The van der Waals surface area contributed by atoms with Gasteiger partial charge in [0.15, 0.2) is 0 Å². The summed E-state index contributed by atoms with van der Waals surface area (Å²) in [6, 6.07) is 11.8.